The first kappa shape index (κ1) is 20.3. The SMILES string of the molecule is CC(Oc1c(C(=O)NC(C)(C)C(=O)O)ccc2ccccc12)c1ccc2[nH]nnc2c1. The molecule has 0 bridgehead atoms. The Balaban J connectivity index is 1.74. The predicted molar refractivity (Wildman–Crippen MR) is 116 cm³/mol. The molecule has 0 spiro atoms. The number of H-pyrrole nitrogens is 1. The number of aromatic amines is 1. The molecule has 158 valence electrons. The van der Waals surface area contributed by atoms with Gasteiger partial charge in [0.1, 0.15) is 22.9 Å². The van der Waals surface area contributed by atoms with Crippen LogP contribution in [0.4, 0.5) is 0 Å². The molecule has 8 heteroatoms. The van der Waals surface area contributed by atoms with Gasteiger partial charge in [-0.15, -0.1) is 5.10 Å². The molecule has 0 aliphatic rings. The van der Waals surface area contributed by atoms with E-state index in [0.29, 0.717) is 11.3 Å². The third-order valence-electron chi connectivity index (χ3n) is 5.20. The van der Waals surface area contributed by atoms with Crippen LogP contribution in [0.2, 0.25) is 0 Å². The van der Waals surface area contributed by atoms with E-state index in [0.717, 1.165) is 21.9 Å². The van der Waals surface area contributed by atoms with Crippen LogP contribution in [0.3, 0.4) is 0 Å². The van der Waals surface area contributed by atoms with Gasteiger partial charge in [0.25, 0.3) is 5.91 Å². The number of aliphatic carboxylic acids is 1. The Labute approximate surface area is 178 Å². The molecule has 1 unspecified atom stereocenters. The van der Waals surface area contributed by atoms with Crippen molar-refractivity contribution in [3.63, 3.8) is 0 Å². The molecule has 0 aliphatic heterocycles. The maximum absolute atomic E-state index is 13.0. The van der Waals surface area contributed by atoms with Gasteiger partial charge in [0.05, 0.1) is 11.1 Å². The van der Waals surface area contributed by atoms with E-state index >= 15 is 0 Å². The fraction of sp³-hybridized carbons (Fsp3) is 0.217. The fourth-order valence-corrected chi connectivity index (χ4v) is 3.31. The number of carbonyl (C=O) groups is 2. The number of hydrogen-bond donors (Lipinski definition) is 3. The number of hydrogen-bond acceptors (Lipinski definition) is 5. The van der Waals surface area contributed by atoms with Gasteiger partial charge in [-0.25, -0.2) is 4.79 Å². The average Bonchev–Trinajstić information content (AvgIpc) is 3.21. The molecule has 0 radical (unpaired) electrons. The number of fused-ring (bicyclic) bond motifs is 2. The van der Waals surface area contributed by atoms with E-state index in [1.165, 1.54) is 13.8 Å². The minimum absolute atomic E-state index is 0.266. The van der Waals surface area contributed by atoms with Gasteiger partial charge in [0, 0.05) is 5.39 Å². The summed E-state index contributed by atoms with van der Waals surface area (Å²) in [5.41, 5.74) is 1.24. The molecule has 1 aromatic heterocycles. The highest BCUT2D eigenvalue weighted by atomic mass is 16.5. The molecule has 0 saturated heterocycles. The Hall–Kier alpha value is -3.94. The topological polar surface area (TPSA) is 117 Å². The maximum Gasteiger partial charge on any atom is 0.328 e. The second-order valence-electron chi connectivity index (χ2n) is 7.90. The van der Waals surface area contributed by atoms with Gasteiger partial charge < -0.3 is 15.2 Å². The summed E-state index contributed by atoms with van der Waals surface area (Å²) >= 11 is 0. The maximum atomic E-state index is 13.0. The smallest absolute Gasteiger partial charge is 0.328 e. The van der Waals surface area contributed by atoms with Crippen LogP contribution in [0, 0.1) is 0 Å². The summed E-state index contributed by atoms with van der Waals surface area (Å²) in [5.74, 6) is -1.25. The van der Waals surface area contributed by atoms with Gasteiger partial charge in [-0.2, -0.15) is 0 Å². The molecular weight excluding hydrogens is 396 g/mol. The molecule has 4 aromatic rings. The van der Waals surface area contributed by atoms with E-state index in [-0.39, 0.29) is 5.56 Å². The molecule has 8 nitrogen and oxygen atoms in total. The highest BCUT2D eigenvalue weighted by molar-refractivity contribution is 6.05. The Morgan fingerprint density at radius 2 is 1.90 bits per heavy atom. The van der Waals surface area contributed by atoms with Crippen LogP contribution in [0.15, 0.2) is 54.6 Å². The second kappa shape index (κ2) is 7.71. The lowest BCUT2D eigenvalue weighted by Crippen LogP contribution is -2.49. The van der Waals surface area contributed by atoms with Crippen LogP contribution >= 0.6 is 0 Å². The number of benzene rings is 3. The lowest BCUT2D eigenvalue weighted by atomic mass is 10.0. The standard InChI is InChI=1S/C23H22N4O4/c1-13(15-9-11-18-19(12-15)26-27-25-18)31-20-16-7-5-4-6-14(16)8-10-17(20)21(28)24-23(2,3)22(29)30/h4-13H,1-3H3,(H,24,28)(H,29,30)(H,25,26,27). The normalized spacial score (nSPS) is 12.6. The van der Waals surface area contributed by atoms with Crippen molar-refractivity contribution in [3.05, 3.63) is 65.7 Å². The number of nitrogens with one attached hydrogen (secondary N) is 2. The van der Waals surface area contributed by atoms with Crippen molar-refractivity contribution in [2.24, 2.45) is 0 Å². The van der Waals surface area contributed by atoms with Gasteiger partial charge in [-0.3, -0.25) is 9.89 Å². The van der Waals surface area contributed by atoms with Crippen LogP contribution in [0.25, 0.3) is 21.8 Å². The van der Waals surface area contributed by atoms with E-state index in [1.54, 1.807) is 6.07 Å². The number of carbonyl (C=O) groups excluding carboxylic acids is 1. The number of nitrogens with zero attached hydrogens (tertiary/aromatic N) is 2. The first-order valence-corrected chi connectivity index (χ1v) is 9.81. The minimum Gasteiger partial charge on any atom is -0.485 e. The highest BCUT2D eigenvalue weighted by Gasteiger charge is 2.31. The lowest BCUT2D eigenvalue weighted by Gasteiger charge is -2.23. The van der Waals surface area contributed by atoms with Crippen molar-refractivity contribution in [3.8, 4) is 5.75 Å². The first-order chi connectivity index (χ1) is 14.8. The summed E-state index contributed by atoms with van der Waals surface area (Å²) in [5, 5.41) is 24.3. The van der Waals surface area contributed by atoms with Gasteiger partial charge in [0.2, 0.25) is 0 Å². The summed E-state index contributed by atoms with van der Waals surface area (Å²) in [6.45, 7) is 4.75. The minimum atomic E-state index is -1.43. The molecule has 3 aromatic carbocycles. The first-order valence-electron chi connectivity index (χ1n) is 9.81. The molecule has 0 saturated carbocycles. The van der Waals surface area contributed by atoms with E-state index in [9.17, 15) is 14.7 Å². The molecule has 0 fully saturated rings. The van der Waals surface area contributed by atoms with Crippen LogP contribution in [-0.4, -0.2) is 37.9 Å². The summed E-state index contributed by atoms with van der Waals surface area (Å²) in [4.78, 5) is 24.5. The molecular formula is C23H22N4O4. The molecule has 0 aliphatic carbocycles. The average molecular weight is 418 g/mol. The Bertz CT molecular complexity index is 1300. The van der Waals surface area contributed by atoms with E-state index in [1.807, 2.05) is 55.5 Å². The van der Waals surface area contributed by atoms with Crippen molar-refractivity contribution in [2.45, 2.75) is 32.4 Å². The third kappa shape index (κ3) is 3.92. The van der Waals surface area contributed by atoms with Gasteiger partial charge in [-0.1, -0.05) is 41.6 Å². The second-order valence-corrected chi connectivity index (χ2v) is 7.90. The van der Waals surface area contributed by atoms with Crippen LogP contribution in [0.1, 0.15) is 42.8 Å². The monoisotopic (exact) mass is 418 g/mol. The zero-order valence-electron chi connectivity index (χ0n) is 17.3. The Kier molecular flexibility index (Phi) is 5.06. The zero-order chi connectivity index (χ0) is 22.2. The van der Waals surface area contributed by atoms with Crippen molar-refractivity contribution in [1.29, 1.82) is 0 Å². The third-order valence-corrected chi connectivity index (χ3v) is 5.20. The quantitative estimate of drug-likeness (QED) is 0.438. The van der Waals surface area contributed by atoms with E-state index in [4.69, 9.17) is 4.74 Å². The lowest BCUT2D eigenvalue weighted by molar-refractivity contribution is -0.143. The van der Waals surface area contributed by atoms with Crippen LogP contribution in [0.5, 0.6) is 5.75 Å². The summed E-state index contributed by atoms with van der Waals surface area (Å²) in [7, 11) is 0. The van der Waals surface area contributed by atoms with Crippen LogP contribution < -0.4 is 10.1 Å². The van der Waals surface area contributed by atoms with Crippen molar-refractivity contribution < 1.29 is 19.4 Å². The van der Waals surface area contributed by atoms with Crippen molar-refractivity contribution in [2.75, 3.05) is 0 Å². The van der Waals surface area contributed by atoms with Gasteiger partial charge in [-0.05, 0) is 49.9 Å². The summed E-state index contributed by atoms with van der Waals surface area (Å²) in [6, 6.07) is 16.7. The summed E-state index contributed by atoms with van der Waals surface area (Å²) < 4.78 is 6.30. The van der Waals surface area contributed by atoms with Gasteiger partial charge >= 0.3 is 5.97 Å². The van der Waals surface area contributed by atoms with Gasteiger partial charge in [0.15, 0.2) is 0 Å². The fourth-order valence-electron chi connectivity index (χ4n) is 3.31. The molecule has 31 heavy (non-hydrogen) atoms. The number of amides is 1. The van der Waals surface area contributed by atoms with E-state index < -0.39 is 23.5 Å². The summed E-state index contributed by atoms with van der Waals surface area (Å²) in [6.07, 6.45) is -0.397. The molecule has 3 N–H and O–H groups in total. The number of ether oxygens (including phenoxy) is 1. The Morgan fingerprint density at radius 1 is 1.13 bits per heavy atom. The molecule has 1 heterocycles. The van der Waals surface area contributed by atoms with E-state index in [2.05, 4.69) is 20.7 Å². The molecule has 1 atom stereocenters. The number of carboxylic acid groups (broad SMARTS) is 1. The molecule has 1 amide bonds. The van der Waals surface area contributed by atoms with Crippen LogP contribution in [-0.2, 0) is 4.79 Å². The largest absolute Gasteiger partial charge is 0.485 e. The molecule has 4 rings (SSSR count). The predicted octanol–water partition coefficient (Wildman–Crippen LogP) is 3.84. The van der Waals surface area contributed by atoms with Crippen molar-refractivity contribution in [1.82, 2.24) is 20.7 Å². The number of rotatable bonds is 6. The zero-order valence-corrected chi connectivity index (χ0v) is 17.3. The Morgan fingerprint density at radius 3 is 2.68 bits per heavy atom. The highest BCUT2D eigenvalue weighted by Crippen LogP contribution is 2.34. The number of aromatic nitrogens is 3. The number of carboxylic acids is 1. The van der Waals surface area contributed by atoms with Crippen molar-refractivity contribution >= 4 is 33.7 Å².